The molecule has 0 aromatic rings. The maximum atomic E-state index is 9.38. The van der Waals surface area contributed by atoms with Gasteiger partial charge >= 0.3 is 0 Å². The number of nitrogens with zero attached hydrogens (tertiary/aromatic N) is 3. The Morgan fingerprint density at radius 3 is 2.85 bits per heavy atom. The van der Waals surface area contributed by atoms with Crippen LogP contribution in [0.15, 0.2) is 5.11 Å². The van der Waals surface area contributed by atoms with Gasteiger partial charge in [-0.05, 0) is 25.3 Å². The first-order chi connectivity index (χ1) is 6.15. The third-order valence-electron chi connectivity index (χ3n) is 2.18. The molecule has 6 nitrogen and oxygen atoms in total. The molecule has 0 spiro atoms. The topological polar surface area (TPSA) is 104 Å². The standard InChI is InChI=1S/C7H14N4O2/c1-4(8)6-3-2-5(10-11-9)7(12)13-6/h4-7,12H,2-3,8H2,1H3/t4-,5?,6+,7?/m1/s1. The molecule has 74 valence electrons. The van der Waals surface area contributed by atoms with E-state index in [1.807, 2.05) is 6.92 Å². The maximum absolute atomic E-state index is 9.38. The zero-order valence-corrected chi connectivity index (χ0v) is 7.50. The second kappa shape index (κ2) is 4.43. The van der Waals surface area contributed by atoms with Crippen LogP contribution in [0.2, 0.25) is 0 Å². The van der Waals surface area contributed by atoms with Gasteiger partial charge in [-0.2, -0.15) is 0 Å². The fourth-order valence-corrected chi connectivity index (χ4v) is 1.38. The Bertz CT molecular complexity index is 215. The average Bonchev–Trinajstić information content (AvgIpc) is 2.08. The third kappa shape index (κ3) is 2.57. The maximum Gasteiger partial charge on any atom is 0.163 e. The number of hydrogen-bond acceptors (Lipinski definition) is 4. The van der Waals surface area contributed by atoms with Crippen LogP contribution in [0, 0.1) is 0 Å². The van der Waals surface area contributed by atoms with Gasteiger partial charge in [0.15, 0.2) is 6.29 Å². The predicted octanol–water partition coefficient (Wildman–Crippen LogP) is 0.510. The minimum absolute atomic E-state index is 0.110. The van der Waals surface area contributed by atoms with Crippen molar-refractivity contribution in [1.82, 2.24) is 0 Å². The van der Waals surface area contributed by atoms with E-state index in [9.17, 15) is 5.11 Å². The smallest absolute Gasteiger partial charge is 0.163 e. The molecule has 0 amide bonds. The first-order valence-corrected chi connectivity index (χ1v) is 4.28. The molecule has 13 heavy (non-hydrogen) atoms. The first kappa shape index (κ1) is 10.3. The summed E-state index contributed by atoms with van der Waals surface area (Å²) in [5.41, 5.74) is 13.8. The van der Waals surface area contributed by atoms with Crippen molar-refractivity contribution >= 4 is 0 Å². The first-order valence-electron chi connectivity index (χ1n) is 4.28. The Labute approximate surface area is 76.3 Å². The molecule has 3 N–H and O–H groups in total. The van der Waals surface area contributed by atoms with Crippen LogP contribution in [0.25, 0.3) is 10.4 Å². The highest BCUT2D eigenvalue weighted by atomic mass is 16.6. The molecule has 1 fully saturated rings. The molecule has 4 atom stereocenters. The SMILES string of the molecule is C[C@@H](N)[C@@H]1CCC(N=[N+]=[N-])C(O)O1. The minimum Gasteiger partial charge on any atom is -0.368 e. The number of aliphatic hydroxyl groups excluding tert-OH is 1. The molecule has 1 heterocycles. The van der Waals surface area contributed by atoms with Gasteiger partial charge in [-0.1, -0.05) is 5.11 Å². The molecular formula is C7H14N4O2. The fourth-order valence-electron chi connectivity index (χ4n) is 1.38. The van der Waals surface area contributed by atoms with Crippen LogP contribution in [0.4, 0.5) is 0 Å². The summed E-state index contributed by atoms with van der Waals surface area (Å²) in [4.78, 5) is 2.63. The number of azide groups is 1. The van der Waals surface area contributed by atoms with Crippen molar-refractivity contribution in [2.45, 2.75) is 44.2 Å². The van der Waals surface area contributed by atoms with Crippen LogP contribution in [0.3, 0.4) is 0 Å². The fraction of sp³-hybridized carbons (Fsp3) is 1.00. The summed E-state index contributed by atoms with van der Waals surface area (Å²) < 4.78 is 5.18. The van der Waals surface area contributed by atoms with Crippen LogP contribution in [-0.4, -0.2) is 29.6 Å². The Hall–Kier alpha value is -0.810. The Morgan fingerprint density at radius 1 is 1.69 bits per heavy atom. The van der Waals surface area contributed by atoms with Crippen molar-refractivity contribution < 1.29 is 9.84 Å². The molecule has 0 saturated carbocycles. The van der Waals surface area contributed by atoms with E-state index in [0.717, 1.165) is 6.42 Å². The molecule has 1 saturated heterocycles. The molecule has 0 aromatic carbocycles. The van der Waals surface area contributed by atoms with E-state index >= 15 is 0 Å². The highest BCUT2D eigenvalue weighted by Crippen LogP contribution is 2.22. The van der Waals surface area contributed by atoms with E-state index in [4.69, 9.17) is 16.0 Å². The van der Waals surface area contributed by atoms with Crippen molar-refractivity contribution in [3.63, 3.8) is 0 Å². The molecule has 0 aromatic heterocycles. The largest absolute Gasteiger partial charge is 0.368 e. The van der Waals surface area contributed by atoms with Crippen molar-refractivity contribution in [2.75, 3.05) is 0 Å². The van der Waals surface area contributed by atoms with Crippen molar-refractivity contribution in [1.29, 1.82) is 0 Å². The molecule has 0 aliphatic carbocycles. The molecule has 2 unspecified atom stereocenters. The van der Waals surface area contributed by atoms with Crippen LogP contribution >= 0.6 is 0 Å². The lowest BCUT2D eigenvalue weighted by molar-refractivity contribution is -0.176. The van der Waals surface area contributed by atoms with Crippen molar-refractivity contribution in [3.8, 4) is 0 Å². The lowest BCUT2D eigenvalue weighted by Gasteiger charge is -2.32. The van der Waals surface area contributed by atoms with Gasteiger partial charge in [-0.15, -0.1) is 0 Å². The normalized spacial score (nSPS) is 36.4. The molecule has 0 radical (unpaired) electrons. The highest BCUT2D eigenvalue weighted by Gasteiger charge is 2.30. The van der Waals surface area contributed by atoms with Gasteiger partial charge in [-0.25, -0.2) is 0 Å². The second-order valence-corrected chi connectivity index (χ2v) is 3.27. The average molecular weight is 186 g/mol. The van der Waals surface area contributed by atoms with E-state index in [-0.39, 0.29) is 12.1 Å². The third-order valence-corrected chi connectivity index (χ3v) is 2.18. The van der Waals surface area contributed by atoms with Crippen LogP contribution < -0.4 is 5.73 Å². The summed E-state index contributed by atoms with van der Waals surface area (Å²) >= 11 is 0. The zero-order chi connectivity index (χ0) is 9.84. The zero-order valence-electron chi connectivity index (χ0n) is 7.50. The van der Waals surface area contributed by atoms with E-state index in [1.165, 1.54) is 0 Å². The van der Waals surface area contributed by atoms with Gasteiger partial charge in [0, 0.05) is 11.0 Å². The summed E-state index contributed by atoms with van der Waals surface area (Å²) in [6.07, 6.45) is 0.191. The summed E-state index contributed by atoms with van der Waals surface area (Å²) in [6, 6.07) is -0.582. The quantitative estimate of drug-likeness (QED) is 0.373. The number of rotatable bonds is 2. The number of ether oxygens (including phenoxy) is 1. The Kier molecular flexibility index (Phi) is 3.50. The number of nitrogens with two attached hydrogens (primary N) is 1. The molecule has 0 bridgehead atoms. The van der Waals surface area contributed by atoms with Crippen molar-refractivity contribution in [3.05, 3.63) is 10.4 Å². The molecule has 6 heteroatoms. The lowest BCUT2D eigenvalue weighted by atomic mass is 10.0. The Balaban J connectivity index is 2.51. The van der Waals surface area contributed by atoms with Crippen LogP contribution in [-0.2, 0) is 4.74 Å². The van der Waals surface area contributed by atoms with Gasteiger partial charge in [0.25, 0.3) is 0 Å². The predicted molar refractivity (Wildman–Crippen MR) is 46.7 cm³/mol. The summed E-state index contributed by atoms with van der Waals surface area (Å²) in [5.74, 6) is 0. The van der Waals surface area contributed by atoms with Gasteiger partial charge in [0.1, 0.15) is 0 Å². The van der Waals surface area contributed by atoms with E-state index < -0.39 is 12.3 Å². The van der Waals surface area contributed by atoms with E-state index in [2.05, 4.69) is 10.0 Å². The van der Waals surface area contributed by atoms with Crippen molar-refractivity contribution in [2.24, 2.45) is 10.8 Å². The summed E-state index contributed by atoms with van der Waals surface area (Å²) in [5, 5.41) is 12.8. The second-order valence-electron chi connectivity index (χ2n) is 3.27. The number of aliphatic hydroxyl groups is 1. The van der Waals surface area contributed by atoms with Crippen LogP contribution in [0.5, 0.6) is 0 Å². The van der Waals surface area contributed by atoms with Gasteiger partial charge in [-0.3, -0.25) is 0 Å². The Morgan fingerprint density at radius 2 is 2.38 bits per heavy atom. The molecule has 1 aliphatic heterocycles. The summed E-state index contributed by atoms with van der Waals surface area (Å²) in [7, 11) is 0. The van der Waals surface area contributed by atoms with E-state index in [1.54, 1.807) is 0 Å². The van der Waals surface area contributed by atoms with Gasteiger partial charge in [0.2, 0.25) is 0 Å². The lowest BCUT2D eigenvalue weighted by Crippen LogP contribution is -2.44. The monoisotopic (exact) mass is 186 g/mol. The van der Waals surface area contributed by atoms with Gasteiger partial charge < -0.3 is 15.6 Å². The van der Waals surface area contributed by atoms with Gasteiger partial charge in [0.05, 0.1) is 12.1 Å². The highest BCUT2D eigenvalue weighted by molar-refractivity contribution is 4.82. The molecule has 1 rings (SSSR count). The minimum atomic E-state index is -1.01. The number of hydrogen-bond donors (Lipinski definition) is 2. The van der Waals surface area contributed by atoms with Crippen LogP contribution in [0.1, 0.15) is 19.8 Å². The summed E-state index contributed by atoms with van der Waals surface area (Å²) in [6.45, 7) is 1.82. The molecule has 1 aliphatic rings. The molecular weight excluding hydrogens is 172 g/mol. The van der Waals surface area contributed by atoms with E-state index in [0.29, 0.717) is 6.42 Å².